The van der Waals surface area contributed by atoms with Gasteiger partial charge in [0.2, 0.25) is 10.0 Å². The molecule has 0 aromatic heterocycles. The first-order chi connectivity index (χ1) is 8.48. The Morgan fingerprint density at radius 2 is 2.28 bits per heavy atom. The molecule has 5 nitrogen and oxygen atoms in total. The summed E-state index contributed by atoms with van der Waals surface area (Å²) in [4.78, 5) is 0. The minimum Gasteiger partial charge on any atom is -0.497 e. The highest BCUT2D eigenvalue weighted by Crippen LogP contribution is 2.30. The minimum absolute atomic E-state index is 0.167. The average Bonchev–Trinajstić information content (AvgIpc) is 2.34. The van der Waals surface area contributed by atoms with Gasteiger partial charge in [-0.1, -0.05) is 6.07 Å². The largest absolute Gasteiger partial charge is 0.497 e. The second-order valence-corrected chi connectivity index (χ2v) is 6.31. The van der Waals surface area contributed by atoms with Crippen molar-refractivity contribution in [3.63, 3.8) is 0 Å². The smallest absolute Gasteiger partial charge is 0.208 e. The van der Waals surface area contributed by atoms with E-state index in [0.29, 0.717) is 13.2 Å². The average molecular weight is 271 g/mol. The van der Waals surface area contributed by atoms with Crippen LogP contribution in [0.1, 0.15) is 5.56 Å². The molecule has 1 aliphatic heterocycles. The van der Waals surface area contributed by atoms with Crippen molar-refractivity contribution < 1.29 is 17.9 Å². The van der Waals surface area contributed by atoms with E-state index in [-0.39, 0.29) is 5.92 Å². The Morgan fingerprint density at radius 1 is 1.50 bits per heavy atom. The molecule has 0 spiro atoms. The van der Waals surface area contributed by atoms with Crippen LogP contribution in [0.25, 0.3) is 0 Å². The van der Waals surface area contributed by atoms with E-state index in [0.717, 1.165) is 29.7 Å². The van der Waals surface area contributed by atoms with Crippen molar-refractivity contribution in [3.8, 4) is 11.5 Å². The number of benzene rings is 1. The predicted octanol–water partition coefficient (Wildman–Crippen LogP) is 0.795. The Kier molecular flexibility index (Phi) is 3.77. The van der Waals surface area contributed by atoms with E-state index in [1.54, 1.807) is 7.11 Å². The first-order valence-corrected chi connectivity index (χ1v) is 7.61. The summed E-state index contributed by atoms with van der Waals surface area (Å²) in [5.74, 6) is 1.76. The standard InChI is InChI=1S/C12H17NO4S/c1-16-11-4-3-10-5-9(7-13-18(2,14)15)8-17-12(10)6-11/h3-4,6,9,13H,5,7-8H2,1-2H3. The van der Waals surface area contributed by atoms with Crippen molar-refractivity contribution in [3.05, 3.63) is 23.8 Å². The minimum atomic E-state index is -3.14. The van der Waals surface area contributed by atoms with Crippen molar-refractivity contribution in [2.24, 2.45) is 5.92 Å². The van der Waals surface area contributed by atoms with Crippen molar-refractivity contribution in [1.29, 1.82) is 0 Å². The van der Waals surface area contributed by atoms with Gasteiger partial charge in [0.1, 0.15) is 11.5 Å². The molecule has 1 aromatic rings. The zero-order valence-corrected chi connectivity index (χ0v) is 11.3. The molecule has 2 rings (SSSR count). The van der Waals surface area contributed by atoms with E-state index in [1.807, 2.05) is 18.2 Å². The summed E-state index contributed by atoms with van der Waals surface area (Å²) in [7, 11) is -1.52. The van der Waals surface area contributed by atoms with Gasteiger partial charge in [0, 0.05) is 18.5 Å². The molecule has 0 saturated heterocycles. The number of nitrogens with one attached hydrogen (secondary N) is 1. The third kappa shape index (κ3) is 3.36. The summed E-state index contributed by atoms with van der Waals surface area (Å²) in [6.07, 6.45) is 1.97. The fraction of sp³-hybridized carbons (Fsp3) is 0.500. The lowest BCUT2D eigenvalue weighted by Gasteiger charge is -2.25. The molecule has 1 aromatic carbocycles. The van der Waals surface area contributed by atoms with Crippen LogP contribution in [-0.2, 0) is 16.4 Å². The summed E-state index contributed by atoms with van der Waals surface area (Å²) in [6, 6.07) is 5.70. The van der Waals surface area contributed by atoms with Crippen molar-refractivity contribution in [2.45, 2.75) is 6.42 Å². The van der Waals surface area contributed by atoms with Gasteiger partial charge in [0.05, 0.1) is 20.0 Å². The maximum Gasteiger partial charge on any atom is 0.208 e. The van der Waals surface area contributed by atoms with Crippen LogP contribution in [-0.4, -0.2) is 34.9 Å². The fourth-order valence-electron chi connectivity index (χ4n) is 1.94. The van der Waals surface area contributed by atoms with Gasteiger partial charge in [-0.25, -0.2) is 13.1 Å². The van der Waals surface area contributed by atoms with Crippen LogP contribution >= 0.6 is 0 Å². The molecule has 1 heterocycles. The number of methoxy groups -OCH3 is 1. The molecular weight excluding hydrogens is 254 g/mol. The van der Waals surface area contributed by atoms with Crippen molar-refractivity contribution >= 4 is 10.0 Å². The Morgan fingerprint density at radius 3 is 2.94 bits per heavy atom. The molecule has 1 atom stereocenters. The molecule has 1 unspecified atom stereocenters. The molecule has 0 aliphatic carbocycles. The van der Waals surface area contributed by atoms with Gasteiger partial charge < -0.3 is 9.47 Å². The summed E-state index contributed by atoms with van der Waals surface area (Å²) < 4.78 is 35.3. The highest BCUT2D eigenvalue weighted by molar-refractivity contribution is 7.88. The van der Waals surface area contributed by atoms with Crippen LogP contribution in [0.4, 0.5) is 0 Å². The number of hydrogen-bond donors (Lipinski definition) is 1. The molecule has 1 N–H and O–H groups in total. The predicted molar refractivity (Wildman–Crippen MR) is 68.5 cm³/mol. The molecule has 100 valence electrons. The SMILES string of the molecule is COc1ccc2c(c1)OCC(CNS(C)(=O)=O)C2. The van der Waals surface area contributed by atoms with Crippen LogP contribution in [0, 0.1) is 5.92 Å². The molecule has 0 bridgehead atoms. The fourth-order valence-corrected chi connectivity index (χ4v) is 2.48. The molecule has 0 saturated carbocycles. The van der Waals surface area contributed by atoms with E-state index >= 15 is 0 Å². The van der Waals surface area contributed by atoms with Gasteiger partial charge in [-0.05, 0) is 18.1 Å². The van der Waals surface area contributed by atoms with Crippen LogP contribution in [0.5, 0.6) is 11.5 Å². The molecule has 0 fully saturated rings. The van der Waals surface area contributed by atoms with Gasteiger partial charge in [0.15, 0.2) is 0 Å². The second-order valence-electron chi connectivity index (χ2n) is 4.48. The lowest BCUT2D eigenvalue weighted by Crippen LogP contribution is -2.34. The van der Waals surface area contributed by atoms with Crippen LogP contribution in [0.15, 0.2) is 18.2 Å². The zero-order chi connectivity index (χ0) is 13.2. The Bertz CT molecular complexity index is 527. The summed E-state index contributed by atoms with van der Waals surface area (Å²) >= 11 is 0. The number of sulfonamides is 1. The normalized spacial score (nSPS) is 18.9. The Labute approximate surface area is 107 Å². The second kappa shape index (κ2) is 5.16. The van der Waals surface area contributed by atoms with Gasteiger partial charge in [-0.2, -0.15) is 0 Å². The third-order valence-corrected chi connectivity index (χ3v) is 3.58. The zero-order valence-electron chi connectivity index (χ0n) is 10.5. The van der Waals surface area contributed by atoms with E-state index in [9.17, 15) is 8.42 Å². The summed E-state index contributed by atoms with van der Waals surface area (Å²) in [6.45, 7) is 0.924. The monoisotopic (exact) mass is 271 g/mol. The number of rotatable bonds is 4. The maximum absolute atomic E-state index is 11.0. The highest BCUT2D eigenvalue weighted by atomic mass is 32.2. The van der Waals surface area contributed by atoms with Crippen LogP contribution < -0.4 is 14.2 Å². The lowest BCUT2D eigenvalue weighted by molar-refractivity contribution is 0.222. The Hall–Kier alpha value is -1.27. The number of ether oxygens (including phenoxy) is 2. The number of hydrogen-bond acceptors (Lipinski definition) is 4. The first-order valence-electron chi connectivity index (χ1n) is 5.72. The van der Waals surface area contributed by atoms with Crippen molar-refractivity contribution in [1.82, 2.24) is 4.72 Å². The summed E-state index contributed by atoms with van der Waals surface area (Å²) in [5.41, 5.74) is 1.09. The Balaban J connectivity index is 2.02. The maximum atomic E-state index is 11.0. The molecular formula is C12H17NO4S. The first kappa shape index (κ1) is 13.2. The lowest BCUT2D eigenvalue weighted by atomic mass is 9.97. The van der Waals surface area contributed by atoms with Gasteiger partial charge in [-0.15, -0.1) is 0 Å². The topological polar surface area (TPSA) is 64.6 Å². The van der Waals surface area contributed by atoms with Crippen molar-refractivity contribution in [2.75, 3.05) is 26.5 Å². The van der Waals surface area contributed by atoms with E-state index in [4.69, 9.17) is 9.47 Å². The van der Waals surface area contributed by atoms with E-state index < -0.39 is 10.0 Å². The highest BCUT2D eigenvalue weighted by Gasteiger charge is 2.21. The van der Waals surface area contributed by atoms with E-state index in [1.165, 1.54) is 0 Å². The van der Waals surface area contributed by atoms with Gasteiger partial charge in [0.25, 0.3) is 0 Å². The van der Waals surface area contributed by atoms with E-state index in [2.05, 4.69) is 4.72 Å². The van der Waals surface area contributed by atoms with Crippen LogP contribution in [0.3, 0.4) is 0 Å². The third-order valence-electron chi connectivity index (χ3n) is 2.89. The molecule has 6 heteroatoms. The molecule has 0 radical (unpaired) electrons. The molecule has 1 aliphatic rings. The van der Waals surface area contributed by atoms with Gasteiger partial charge in [-0.3, -0.25) is 0 Å². The molecule has 0 amide bonds. The quantitative estimate of drug-likeness (QED) is 0.879. The van der Waals surface area contributed by atoms with Crippen LogP contribution in [0.2, 0.25) is 0 Å². The number of fused-ring (bicyclic) bond motifs is 1. The molecule has 18 heavy (non-hydrogen) atoms. The van der Waals surface area contributed by atoms with Gasteiger partial charge >= 0.3 is 0 Å². The summed E-state index contributed by atoms with van der Waals surface area (Å²) in [5, 5.41) is 0.